The zero-order valence-corrected chi connectivity index (χ0v) is 10.9. The summed E-state index contributed by atoms with van der Waals surface area (Å²) in [4.78, 5) is 2.24. The molecule has 1 aromatic rings. The third-order valence-electron chi connectivity index (χ3n) is 3.35. The largest absolute Gasteiger partial charge is 0.395 e. The second-order valence-electron chi connectivity index (χ2n) is 4.54. The Morgan fingerprint density at radius 2 is 1.89 bits per heavy atom. The molecule has 0 atom stereocenters. The molecule has 0 bridgehead atoms. The predicted molar refractivity (Wildman–Crippen MR) is 69.9 cm³/mol. The number of primary sulfonamides is 1. The zero-order chi connectivity index (χ0) is 13.2. The third-order valence-corrected chi connectivity index (χ3v) is 4.28. The van der Waals surface area contributed by atoms with E-state index in [1.54, 1.807) is 12.1 Å². The first-order valence-electron chi connectivity index (χ1n) is 6.03. The fraction of sp³-hybridized carbons (Fsp3) is 0.500. The van der Waals surface area contributed by atoms with Crippen LogP contribution in [0.5, 0.6) is 0 Å². The van der Waals surface area contributed by atoms with Crippen LogP contribution in [0.2, 0.25) is 0 Å². The number of anilines is 1. The van der Waals surface area contributed by atoms with Crippen LogP contribution >= 0.6 is 0 Å². The highest BCUT2D eigenvalue weighted by molar-refractivity contribution is 7.89. The Labute approximate surface area is 107 Å². The summed E-state index contributed by atoms with van der Waals surface area (Å²) < 4.78 is 22.3. The normalized spacial score (nSPS) is 16.3. The van der Waals surface area contributed by atoms with Gasteiger partial charge in [0.25, 0.3) is 0 Å². The zero-order valence-electron chi connectivity index (χ0n) is 10.1. The quantitative estimate of drug-likeness (QED) is 0.824. The highest BCUT2D eigenvalue weighted by Crippen LogP contribution is 2.29. The van der Waals surface area contributed by atoms with Gasteiger partial charge in [0.2, 0.25) is 10.0 Å². The average molecular weight is 270 g/mol. The smallest absolute Gasteiger partial charge is 0.238 e. The van der Waals surface area contributed by atoms with Gasteiger partial charge in [-0.1, -0.05) is 0 Å². The van der Waals surface area contributed by atoms with E-state index in [4.69, 9.17) is 10.2 Å². The van der Waals surface area contributed by atoms with Crippen molar-refractivity contribution in [3.05, 3.63) is 24.3 Å². The maximum atomic E-state index is 11.2. The molecule has 0 saturated heterocycles. The van der Waals surface area contributed by atoms with Crippen LogP contribution in [0.4, 0.5) is 5.69 Å². The Bertz CT molecular complexity index is 495. The van der Waals surface area contributed by atoms with Gasteiger partial charge in [0.1, 0.15) is 0 Å². The standard InChI is InChI=1S/C12H18N2O3S/c13-18(16,17)12-6-4-11(5-7-12)14(8-9-15)10-2-1-3-10/h4-7,10,15H,1-3,8-9H2,(H2,13,16,17). The highest BCUT2D eigenvalue weighted by atomic mass is 32.2. The number of benzene rings is 1. The van der Waals surface area contributed by atoms with Crippen molar-refractivity contribution in [1.82, 2.24) is 0 Å². The van der Waals surface area contributed by atoms with E-state index in [1.165, 1.54) is 18.6 Å². The molecule has 0 aliphatic heterocycles. The molecule has 3 N–H and O–H groups in total. The first kappa shape index (κ1) is 13.3. The SMILES string of the molecule is NS(=O)(=O)c1ccc(N(CCO)C2CCC2)cc1. The molecule has 0 amide bonds. The molecular weight excluding hydrogens is 252 g/mol. The Morgan fingerprint density at radius 1 is 1.28 bits per heavy atom. The van der Waals surface area contributed by atoms with Crippen molar-refractivity contribution in [2.24, 2.45) is 5.14 Å². The van der Waals surface area contributed by atoms with E-state index in [-0.39, 0.29) is 11.5 Å². The summed E-state index contributed by atoms with van der Waals surface area (Å²) in [6.45, 7) is 0.660. The summed E-state index contributed by atoms with van der Waals surface area (Å²) >= 11 is 0. The van der Waals surface area contributed by atoms with Crippen molar-refractivity contribution >= 4 is 15.7 Å². The molecule has 100 valence electrons. The Morgan fingerprint density at radius 3 is 2.28 bits per heavy atom. The minimum absolute atomic E-state index is 0.0907. The van der Waals surface area contributed by atoms with E-state index in [1.807, 2.05) is 0 Å². The number of rotatable bonds is 5. The molecule has 1 fully saturated rings. The first-order chi connectivity index (χ1) is 8.52. The van der Waals surface area contributed by atoms with Crippen molar-refractivity contribution in [1.29, 1.82) is 0 Å². The van der Waals surface area contributed by atoms with Crippen LogP contribution in [0.25, 0.3) is 0 Å². The molecule has 1 aliphatic rings. The third kappa shape index (κ3) is 2.82. The van der Waals surface area contributed by atoms with Gasteiger partial charge >= 0.3 is 0 Å². The molecule has 5 nitrogen and oxygen atoms in total. The summed E-state index contributed by atoms with van der Waals surface area (Å²) in [6, 6.07) is 6.96. The lowest BCUT2D eigenvalue weighted by molar-refractivity contribution is 0.283. The monoisotopic (exact) mass is 270 g/mol. The summed E-state index contributed by atoms with van der Waals surface area (Å²) in [7, 11) is -3.64. The second-order valence-corrected chi connectivity index (χ2v) is 6.10. The minimum atomic E-state index is -3.64. The molecule has 0 heterocycles. The van der Waals surface area contributed by atoms with Crippen molar-refractivity contribution in [2.45, 2.75) is 30.2 Å². The van der Waals surface area contributed by atoms with Crippen molar-refractivity contribution in [3.8, 4) is 0 Å². The van der Waals surface area contributed by atoms with Gasteiger partial charge in [-0.15, -0.1) is 0 Å². The Kier molecular flexibility index (Phi) is 3.89. The molecule has 2 rings (SSSR count). The molecule has 0 unspecified atom stereocenters. The van der Waals surface area contributed by atoms with E-state index in [9.17, 15) is 8.42 Å². The first-order valence-corrected chi connectivity index (χ1v) is 7.57. The van der Waals surface area contributed by atoms with Gasteiger partial charge < -0.3 is 10.0 Å². The number of aliphatic hydroxyl groups is 1. The topological polar surface area (TPSA) is 83.6 Å². The van der Waals surface area contributed by atoms with Crippen molar-refractivity contribution in [3.63, 3.8) is 0 Å². The van der Waals surface area contributed by atoms with Crippen LogP contribution in [0.3, 0.4) is 0 Å². The van der Waals surface area contributed by atoms with Crippen molar-refractivity contribution in [2.75, 3.05) is 18.1 Å². The molecule has 18 heavy (non-hydrogen) atoms. The number of nitrogens with two attached hydrogens (primary N) is 1. The lowest BCUT2D eigenvalue weighted by Crippen LogP contribution is -2.41. The van der Waals surface area contributed by atoms with E-state index in [0.29, 0.717) is 12.6 Å². The van der Waals surface area contributed by atoms with E-state index in [2.05, 4.69) is 4.90 Å². The fourth-order valence-electron chi connectivity index (χ4n) is 2.16. The van der Waals surface area contributed by atoms with E-state index >= 15 is 0 Å². The number of hydrogen-bond acceptors (Lipinski definition) is 4. The Hall–Kier alpha value is -1.11. The van der Waals surface area contributed by atoms with Gasteiger partial charge in [-0.25, -0.2) is 13.6 Å². The highest BCUT2D eigenvalue weighted by Gasteiger charge is 2.24. The number of sulfonamides is 1. The molecule has 0 spiro atoms. The van der Waals surface area contributed by atoms with Crippen LogP contribution < -0.4 is 10.0 Å². The summed E-state index contributed by atoms with van der Waals surface area (Å²) in [5.74, 6) is 0. The number of hydrogen-bond donors (Lipinski definition) is 2. The molecule has 6 heteroatoms. The van der Waals surface area contributed by atoms with Gasteiger partial charge in [-0.3, -0.25) is 0 Å². The summed E-state index contributed by atoms with van der Waals surface area (Å²) in [5.41, 5.74) is 0.932. The second kappa shape index (κ2) is 5.26. The lowest BCUT2D eigenvalue weighted by Gasteiger charge is -2.39. The maximum absolute atomic E-state index is 11.2. The number of nitrogens with zero attached hydrogens (tertiary/aromatic N) is 1. The Balaban J connectivity index is 2.20. The van der Waals surface area contributed by atoms with Gasteiger partial charge in [0.15, 0.2) is 0 Å². The van der Waals surface area contributed by atoms with Gasteiger partial charge in [0, 0.05) is 18.3 Å². The van der Waals surface area contributed by atoms with E-state index in [0.717, 1.165) is 18.5 Å². The number of aliphatic hydroxyl groups excluding tert-OH is 1. The molecule has 0 radical (unpaired) electrons. The molecule has 1 saturated carbocycles. The van der Waals surface area contributed by atoms with Gasteiger partial charge in [-0.05, 0) is 43.5 Å². The van der Waals surface area contributed by atoms with Gasteiger partial charge in [-0.2, -0.15) is 0 Å². The maximum Gasteiger partial charge on any atom is 0.238 e. The van der Waals surface area contributed by atoms with Gasteiger partial charge in [0.05, 0.1) is 11.5 Å². The van der Waals surface area contributed by atoms with Crippen LogP contribution in [0.15, 0.2) is 29.2 Å². The van der Waals surface area contributed by atoms with Crippen LogP contribution in [-0.2, 0) is 10.0 Å². The minimum Gasteiger partial charge on any atom is -0.395 e. The molecular formula is C12H18N2O3S. The fourth-order valence-corrected chi connectivity index (χ4v) is 2.67. The molecule has 0 aromatic heterocycles. The summed E-state index contributed by atoms with van der Waals surface area (Å²) in [6.07, 6.45) is 3.45. The van der Waals surface area contributed by atoms with Crippen LogP contribution in [0.1, 0.15) is 19.3 Å². The van der Waals surface area contributed by atoms with Crippen molar-refractivity contribution < 1.29 is 13.5 Å². The molecule has 1 aromatic carbocycles. The van der Waals surface area contributed by atoms with Crippen LogP contribution in [-0.4, -0.2) is 32.7 Å². The molecule has 1 aliphatic carbocycles. The van der Waals surface area contributed by atoms with E-state index < -0.39 is 10.0 Å². The predicted octanol–water partition coefficient (Wildman–Crippen LogP) is 0.685. The van der Waals surface area contributed by atoms with Crippen LogP contribution in [0, 0.1) is 0 Å². The summed E-state index contributed by atoms with van der Waals surface area (Å²) in [5, 5.41) is 14.2. The lowest BCUT2D eigenvalue weighted by atomic mass is 9.91. The average Bonchev–Trinajstić information content (AvgIpc) is 2.25.